The standard InChI is InChI=1S/C20H31N5O2/c1-4-24(5-2)19(27)14-23-10-8-18-17(12-23)11-21-20(22-18)16-7-6-9-25(13-16)15(3)26/h11,16H,4-10,12-14H2,1-3H3/t16-/m1/s1. The summed E-state index contributed by atoms with van der Waals surface area (Å²) in [6.07, 6.45) is 4.82. The molecule has 0 bridgehead atoms. The minimum atomic E-state index is 0.131. The van der Waals surface area contributed by atoms with Crippen LogP contribution in [-0.2, 0) is 22.6 Å². The largest absolute Gasteiger partial charge is 0.342 e. The third-order valence-electron chi connectivity index (χ3n) is 5.74. The lowest BCUT2D eigenvalue weighted by molar-refractivity contribution is -0.132. The Balaban J connectivity index is 1.64. The van der Waals surface area contributed by atoms with Gasteiger partial charge in [0.15, 0.2) is 0 Å². The Morgan fingerprint density at radius 1 is 1.26 bits per heavy atom. The molecule has 0 spiro atoms. The smallest absolute Gasteiger partial charge is 0.236 e. The molecule has 1 aromatic heterocycles. The van der Waals surface area contributed by atoms with Gasteiger partial charge in [0.1, 0.15) is 5.82 Å². The number of hydrogen-bond acceptors (Lipinski definition) is 5. The van der Waals surface area contributed by atoms with Crippen LogP contribution in [0.1, 0.15) is 56.6 Å². The number of likely N-dealkylation sites (tertiary alicyclic amines) is 1. The number of fused-ring (bicyclic) bond motifs is 1. The van der Waals surface area contributed by atoms with Crippen molar-refractivity contribution in [1.82, 2.24) is 24.7 Å². The molecule has 1 fully saturated rings. The molecule has 0 N–H and O–H groups in total. The maximum atomic E-state index is 12.4. The van der Waals surface area contributed by atoms with Crippen LogP contribution >= 0.6 is 0 Å². The minimum absolute atomic E-state index is 0.131. The predicted octanol–water partition coefficient (Wildman–Crippen LogP) is 1.43. The van der Waals surface area contributed by atoms with Gasteiger partial charge >= 0.3 is 0 Å². The molecule has 0 saturated carbocycles. The summed E-state index contributed by atoms with van der Waals surface area (Å²) in [5.41, 5.74) is 2.23. The molecule has 2 aliphatic rings. The lowest BCUT2D eigenvalue weighted by Crippen LogP contribution is -2.42. The predicted molar refractivity (Wildman–Crippen MR) is 103 cm³/mol. The van der Waals surface area contributed by atoms with Crippen LogP contribution in [0.3, 0.4) is 0 Å². The van der Waals surface area contributed by atoms with Crippen LogP contribution in [0.5, 0.6) is 0 Å². The van der Waals surface area contributed by atoms with Crippen molar-refractivity contribution in [3.05, 3.63) is 23.3 Å². The van der Waals surface area contributed by atoms with Gasteiger partial charge in [0.05, 0.1) is 6.54 Å². The van der Waals surface area contributed by atoms with Gasteiger partial charge in [-0.05, 0) is 26.7 Å². The number of rotatable bonds is 5. The molecule has 3 rings (SSSR count). The summed E-state index contributed by atoms with van der Waals surface area (Å²) < 4.78 is 0. The fraction of sp³-hybridized carbons (Fsp3) is 0.700. The molecule has 1 saturated heterocycles. The zero-order chi connectivity index (χ0) is 19.4. The molecule has 0 radical (unpaired) electrons. The van der Waals surface area contributed by atoms with E-state index < -0.39 is 0 Å². The van der Waals surface area contributed by atoms with Gasteiger partial charge in [-0.1, -0.05) is 0 Å². The Labute approximate surface area is 161 Å². The number of carbonyl (C=O) groups is 2. The molecule has 3 heterocycles. The highest BCUT2D eigenvalue weighted by atomic mass is 16.2. The van der Waals surface area contributed by atoms with Gasteiger partial charge in [0.25, 0.3) is 0 Å². The number of likely N-dealkylation sites (N-methyl/N-ethyl adjacent to an activating group) is 1. The molecule has 0 aromatic carbocycles. The third-order valence-corrected chi connectivity index (χ3v) is 5.74. The summed E-state index contributed by atoms with van der Waals surface area (Å²) in [5.74, 6) is 1.42. The molecule has 27 heavy (non-hydrogen) atoms. The quantitative estimate of drug-likeness (QED) is 0.781. The van der Waals surface area contributed by atoms with Crippen molar-refractivity contribution in [2.75, 3.05) is 39.3 Å². The van der Waals surface area contributed by atoms with E-state index in [4.69, 9.17) is 4.98 Å². The van der Waals surface area contributed by atoms with Gasteiger partial charge in [-0.15, -0.1) is 0 Å². The van der Waals surface area contributed by atoms with Crippen LogP contribution in [0.4, 0.5) is 0 Å². The number of aromatic nitrogens is 2. The SMILES string of the molecule is CCN(CC)C(=O)CN1CCc2nc([C@@H]3CCCN(C(C)=O)C3)ncc2C1. The van der Waals surface area contributed by atoms with E-state index in [0.717, 1.165) is 75.6 Å². The van der Waals surface area contributed by atoms with E-state index in [1.54, 1.807) is 6.92 Å². The van der Waals surface area contributed by atoms with Gasteiger partial charge in [0.2, 0.25) is 11.8 Å². The maximum absolute atomic E-state index is 12.4. The Hall–Kier alpha value is -2.02. The van der Waals surface area contributed by atoms with Crippen molar-refractivity contribution in [2.24, 2.45) is 0 Å². The number of hydrogen-bond donors (Lipinski definition) is 0. The van der Waals surface area contributed by atoms with Gasteiger partial charge in [-0.2, -0.15) is 0 Å². The van der Waals surface area contributed by atoms with E-state index in [1.165, 1.54) is 0 Å². The highest BCUT2D eigenvalue weighted by molar-refractivity contribution is 5.78. The Bertz CT molecular complexity index is 689. The van der Waals surface area contributed by atoms with Crippen molar-refractivity contribution in [3.8, 4) is 0 Å². The summed E-state index contributed by atoms with van der Waals surface area (Å²) >= 11 is 0. The lowest BCUT2D eigenvalue weighted by atomic mass is 9.96. The average Bonchev–Trinajstić information content (AvgIpc) is 2.68. The van der Waals surface area contributed by atoms with Gasteiger partial charge in [-0.25, -0.2) is 9.97 Å². The molecule has 2 amide bonds. The molecular formula is C20H31N5O2. The first-order valence-corrected chi connectivity index (χ1v) is 10.1. The molecule has 1 aromatic rings. The topological polar surface area (TPSA) is 69.6 Å². The number of piperidine rings is 1. The fourth-order valence-corrected chi connectivity index (χ4v) is 4.06. The maximum Gasteiger partial charge on any atom is 0.236 e. The second kappa shape index (κ2) is 8.78. The summed E-state index contributed by atoms with van der Waals surface area (Å²) in [4.78, 5) is 39.4. The summed E-state index contributed by atoms with van der Waals surface area (Å²) in [6.45, 7) is 10.8. The molecule has 0 unspecified atom stereocenters. The third kappa shape index (κ3) is 4.64. The second-order valence-electron chi connectivity index (χ2n) is 7.53. The fourth-order valence-electron chi connectivity index (χ4n) is 4.06. The van der Waals surface area contributed by atoms with Crippen molar-refractivity contribution in [2.45, 2.75) is 52.5 Å². The number of amides is 2. The first kappa shape index (κ1) is 19.7. The van der Waals surface area contributed by atoms with Crippen LogP contribution < -0.4 is 0 Å². The molecule has 7 nitrogen and oxygen atoms in total. The van der Waals surface area contributed by atoms with Gasteiger partial charge < -0.3 is 9.80 Å². The highest BCUT2D eigenvalue weighted by Gasteiger charge is 2.27. The van der Waals surface area contributed by atoms with Crippen LogP contribution in [0, 0.1) is 0 Å². The summed E-state index contributed by atoms with van der Waals surface area (Å²) in [6, 6.07) is 0. The van der Waals surface area contributed by atoms with E-state index >= 15 is 0 Å². The number of nitrogens with zero attached hydrogens (tertiary/aromatic N) is 5. The van der Waals surface area contributed by atoms with E-state index in [9.17, 15) is 9.59 Å². The van der Waals surface area contributed by atoms with E-state index in [-0.39, 0.29) is 17.7 Å². The second-order valence-corrected chi connectivity index (χ2v) is 7.53. The molecule has 2 aliphatic heterocycles. The lowest BCUT2D eigenvalue weighted by Gasteiger charge is -2.32. The van der Waals surface area contributed by atoms with Gasteiger partial charge in [-0.3, -0.25) is 14.5 Å². The van der Waals surface area contributed by atoms with Crippen molar-refractivity contribution >= 4 is 11.8 Å². The molecule has 1 atom stereocenters. The number of carbonyl (C=O) groups excluding carboxylic acids is 2. The molecule has 148 valence electrons. The van der Waals surface area contributed by atoms with Crippen molar-refractivity contribution in [3.63, 3.8) is 0 Å². The first-order valence-electron chi connectivity index (χ1n) is 10.1. The monoisotopic (exact) mass is 373 g/mol. The summed E-state index contributed by atoms with van der Waals surface area (Å²) in [5, 5.41) is 0. The van der Waals surface area contributed by atoms with Crippen LogP contribution in [0.25, 0.3) is 0 Å². The molecular weight excluding hydrogens is 342 g/mol. The Kier molecular flexibility index (Phi) is 6.42. The van der Waals surface area contributed by atoms with E-state index in [0.29, 0.717) is 6.54 Å². The zero-order valence-electron chi connectivity index (χ0n) is 16.8. The van der Waals surface area contributed by atoms with Crippen molar-refractivity contribution < 1.29 is 9.59 Å². The first-order chi connectivity index (χ1) is 13.0. The normalized spacial score (nSPS) is 20.3. The van der Waals surface area contributed by atoms with Gasteiger partial charge in [0, 0.05) is 76.0 Å². The summed E-state index contributed by atoms with van der Waals surface area (Å²) in [7, 11) is 0. The van der Waals surface area contributed by atoms with Crippen LogP contribution in [-0.4, -0.2) is 75.8 Å². The Morgan fingerprint density at radius 2 is 2.04 bits per heavy atom. The zero-order valence-corrected chi connectivity index (χ0v) is 16.8. The Morgan fingerprint density at radius 3 is 2.74 bits per heavy atom. The molecule has 7 heteroatoms. The van der Waals surface area contributed by atoms with Crippen LogP contribution in [0.2, 0.25) is 0 Å². The van der Waals surface area contributed by atoms with Crippen molar-refractivity contribution in [1.29, 1.82) is 0 Å². The average molecular weight is 374 g/mol. The molecule has 0 aliphatic carbocycles. The highest BCUT2D eigenvalue weighted by Crippen LogP contribution is 2.26. The minimum Gasteiger partial charge on any atom is -0.342 e. The van der Waals surface area contributed by atoms with Crippen LogP contribution in [0.15, 0.2) is 6.20 Å². The van der Waals surface area contributed by atoms with E-state index in [2.05, 4.69) is 9.88 Å². The van der Waals surface area contributed by atoms with E-state index in [1.807, 2.05) is 29.8 Å².